The zero-order valence-electron chi connectivity index (χ0n) is 7.82. The minimum Gasteiger partial charge on any atom is -0.376 e. The molecule has 0 N–H and O–H groups in total. The van der Waals surface area contributed by atoms with E-state index in [-0.39, 0.29) is 24.8 Å². The SMILES string of the molecule is O=S(=O)(Cl)CCOCc1ccccc1F. The summed E-state index contributed by atoms with van der Waals surface area (Å²) in [5, 5.41) is 0. The van der Waals surface area contributed by atoms with Crippen molar-refractivity contribution < 1.29 is 17.5 Å². The van der Waals surface area contributed by atoms with Crippen LogP contribution in [0.5, 0.6) is 0 Å². The second kappa shape index (κ2) is 5.44. The maximum atomic E-state index is 13.0. The van der Waals surface area contributed by atoms with Gasteiger partial charge in [-0.2, -0.15) is 0 Å². The average Bonchev–Trinajstić information content (AvgIpc) is 2.13. The van der Waals surface area contributed by atoms with E-state index in [4.69, 9.17) is 15.4 Å². The highest BCUT2D eigenvalue weighted by Crippen LogP contribution is 2.07. The topological polar surface area (TPSA) is 43.4 Å². The van der Waals surface area contributed by atoms with Crippen LogP contribution in [0.1, 0.15) is 5.56 Å². The second-order valence-corrected chi connectivity index (χ2v) is 5.78. The molecule has 1 rings (SSSR count). The number of hydrogen-bond acceptors (Lipinski definition) is 3. The molecule has 0 aromatic heterocycles. The van der Waals surface area contributed by atoms with Crippen molar-refractivity contribution in [1.82, 2.24) is 0 Å². The van der Waals surface area contributed by atoms with Crippen molar-refractivity contribution in [2.45, 2.75) is 6.61 Å². The largest absolute Gasteiger partial charge is 0.376 e. The number of benzene rings is 1. The van der Waals surface area contributed by atoms with Crippen LogP contribution in [0.15, 0.2) is 24.3 Å². The Hall–Kier alpha value is -0.650. The molecular weight excluding hydrogens is 243 g/mol. The Balaban J connectivity index is 2.36. The van der Waals surface area contributed by atoms with Crippen molar-refractivity contribution in [2.75, 3.05) is 12.4 Å². The Bertz CT molecular complexity index is 419. The summed E-state index contributed by atoms with van der Waals surface area (Å²) >= 11 is 0. The monoisotopic (exact) mass is 252 g/mol. The first kappa shape index (κ1) is 12.4. The standard InChI is InChI=1S/C9H10ClFO3S/c10-15(12,13)6-5-14-7-8-3-1-2-4-9(8)11/h1-4H,5-7H2. The molecule has 0 unspecified atom stereocenters. The predicted molar refractivity (Wildman–Crippen MR) is 55.7 cm³/mol. The van der Waals surface area contributed by atoms with E-state index in [1.165, 1.54) is 6.07 Å². The molecule has 15 heavy (non-hydrogen) atoms. The number of rotatable bonds is 5. The van der Waals surface area contributed by atoms with Crippen LogP contribution < -0.4 is 0 Å². The lowest BCUT2D eigenvalue weighted by atomic mass is 10.2. The van der Waals surface area contributed by atoms with Crippen LogP contribution >= 0.6 is 10.7 Å². The maximum Gasteiger partial charge on any atom is 0.234 e. The minimum atomic E-state index is -3.54. The van der Waals surface area contributed by atoms with Crippen molar-refractivity contribution in [1.29, 1.82) is 0 Å². The molecule has 0 aliphatic rings. The van der Waals surface area contributed by atoms with Crippen molar-refractivity contribution in [2.24, 2.45) is 0 Å². The molecule has 0 atom stereocenters. The van der Waals surface area contributed by atoms with Crippen molar-refractivity contribution in [3.63, 3.8) is 0 Å². The average molecular weight is 253 g/mol. The normalized spacial score (nSPS) is 11.6. The molecule has 3 nitrogen and oxygen atoms in total. The summed E-state index contributed by atoms with van der Waals surface area (Å²) in [4.78, 5) is 0. The first-order valence-corrected chi connectivity index (χ1v) is 6.70. The molecular formula is C9H10ClFO3S. The van der Waals surface area contributed by atoms with Gasteiger partial charge in [0, 0.05) is 16.2 Å². The van der Waals surface area contributed by atoms with Gasteiger partial charge < -0.3 is 4.74 Å². The summed E-state index contributed by atoms with van der Waals surface area (Å²) in [6, 6.07) is 6.14. The first-order valence-electron chi connectivity index (χ1n) is 4.22. The highest BCUT2D eigenvalue weighted by atomic mass is 35.7. The highest BCUT2D eigenvalue weighted by molar-refractivity contribution is 8.13. The van der Waals surface area contributed by atoms with Gasteiger partial charge >= 0.3 is 0 Å². The van der Waals surface area contributed by atoms with Crippen LogP contribution in [0.4, 0.5) is 4.39 Å². The molecule has 0 saturated heterocycles. The van der Waals surface area contributed by atoms with Gasteiger partial charge in [0.2, 0.25) is 9.05 Å². The van der Waals surface area contributed by atoms with Gasteiger partial charge in [-0.15, -0.1) is 0 Å². The van der Waals surface area contributed by atoms with Crippen molar-refractivity contribution in [3.8, 4) is 0 Å². The summed E-state index contributed by atoms with van der Waals surface area (Å²) < 4.78 is 39.0. The van der Waals surface area contributed by atoms with E-state index in [1.54, 1.807) is 18.2 Å². The van der Waals surface area contributed by atoms with Gasteiger partial charge in [0.25, 0.3) is 0 Å². The molecule has 0 aliphatic heterocycles. The van der Waals surface area contributed by atoms with Gasteiger partial charge in [0.15, 0.2) is 0 Å². The summed E-state index contributed by atoms with van der Waals surface area (Å²) in [6.45, 7) is -0.000744. The third-order valence-electron chi connectivity index (χ3n) is 1.69. The van der Waals surface area contributed by atoms with Crippen LogP contribution in [-0.2, 0) is 20.4 Å². The third kappa shape index (κ3) is 5.11. The predicted octanol–water partition coefficient (Wildman–Crippen LogP) is 1.91. The van der Waals surface area contributed by atoms with Crippen LogP contribution in [-0.4, -0.2) is 20.8 Å². The Morgan fingerprint density at radius 3 is 2.60 bits per heavy atom. The zero-order chi connectivity index (χ0) is 11.3. The number of ether oxygens (including phenoxy) is 1. The first-order chi connectivity index (χ1) is 6.99. The fourth-order valence-corrected chi connectivity index (χ4v) is 1.46. The van der Waals surface area contributed by atoms with E-state index in [2.05, 4.69) is 0 Å². The Morgan fingerprint density at radius 2 is 2.00 bits per heavy atom. The van der Waals surface area contributed by atoms with Crippen molar-refractivity contribution >= 4 is 19.7 Å². The third-order valence-corrected chi connectivity index (χ3v) is 2.80. The second-order valence-electron chi connectivity index (χ2n) is 2.89. The molecule has 6 heteroatoms. The molecule has 0 aliphatic carbocycles. The molecule has 84 valence electrons. The molecule has 1 aromatic rings. The fraction of sp³-hybridized carbons (Fsp3) is 0.333. The zero-order valence-corrected chi connectivity index (χ0v) is 9.39. The lowest BCUT2D eigenvalue weighted by molar-refractivity contribution is 0.133. The van der Waals surface area contributed by atoms with Crippen LogP contribution in [0, 0.1) is 5.82 Å². The van der Waals surface area contributed by atoms with Gasteiger partial charge in [0.05, 0.1) is 19.0 Å². The highest BCUT2D eigenvalue weighted by Gasteiger charge is 2.05. The number of hydrogen-bond donors (Lipinski definition) is 0. The van der Waals surface area contributed by atoms with Crippen molar-refractivity contribution in [3.05, 3.63) is 35.6 Å². The van der Waals surface area contributed by atoms with E-state index >= 15 is 0 Å². The van der Waals surface area contributed by atoms with E-state index in [9.17, 15) is 12.8 Å². The molecule has 0 amide bonds. The molecule has 0 saturated carbocycles. The Morgan fingerprint density at radius 1 is 1.33 bits per heavy atom. The minimum absolute atomic E-state index is 0.0408. The van der Waals surface area contributed by atoms with Crippen LogP contribution in [0.2, 0.25) is 0 Å². The molecule has 0 bridgehead atoms. The smallest absolute Gasteiger partial charge is 0.234 e. The Kier molecular flexibility index (Phi) is 4.50. The fourth-order valence-electron chi connectivity index (χ4n) is 0.956. The lowest BCUT2D eigenvalue weighted by Crippen LogP contribution is -2.07. The summed E-state index contributed by atoms with van der Waals surface area (Å²) in [7, 11) is 1.43. The van der Waals surface area contributed by atoms with E-state index in [1.807, 2.05) is 0 Å². The van der Waals surface area contributed by atoms with Gasteiger partial charge in [-0.1, -0.05) is 18.2 Å². The lowest BCUT2D eigenvalue weighted by Gasteiger charge is -2.03. The summed E-state index contributed by atoms with van der Waals surface area (Å²) in [6.07, 6.45) is 0. The molecule has 0 fully saturated rings. The molecule has 1 aromatic carbocycles. The Labute approximate surface area is 92.2 Å². The van der Waals surface area contributed by atoms with E-state index in [0.717, 1.165) is 0 Å². The van der Waals surface area contributed by atoms with Gasteiger partial charge in [-0.3, -0.25) is 0 Å². The van der Waals surface area contributed by atoms with E-state index in [0.29, 0.717) is 5.56 Å². The van der Waals surface area contributed by atoms with E-state index < -0.39 is 9.05 Å². The van der Waals surface area contributed by atoms with Gasteiger partial charge in [-0.05, 0) is 6.07 Å². The summed E-state index contributed by atoms with van der Waals surface area (Å²) in [5.74, 6) is -0.644. The van der Waals surface area contributed by atoms with Crippen LogP contribution in [0.3, 0.4) is 0 Å². The summed E-state index contributed by atoms with van der Waals surface area (Å²) in [5.41, 5.74) is 0.393. The quantitative estimate of drug-likeness (QED) is 0.594. The maximum absolute atomic E-state index is 13.0. The number of halogens is 2. The molecule has 0 heterocycles. The van der Waals surface area contributed by atoms with Crippen LogP contribution in [0.25, 0.3) is 0 Å². The van der Waals surface area contributed by atoms with Gasteiger partial charge in [0.1, 0.15) is 5.82 Å². The molecule has 0 spiro atoms. The van der Waals surface area contributed by atoms with Gasteiger partial charge in [-0.25, -0.2) is 12.8 Å². The molecule has 0 radical (unpaired) electrons.